The first-order chi connectivity index (χ1) is 12.3. The molecule has 0 fully saturated rings. The molecule has 0 atom stereocenters. The van der Waals surface area contributed by atoms with Crippen molar-refractivity contribution in [3.05, 3.63) is 58.7 Å². The van der Waals surface area contributed by atoms with E-state index in [2.05, 4.69) is 15.6 Å². The summed E-state index contributed by atoms with van der Waals surface area (Å²) < 4.78 is 0. The van der Waals surface area contributed by atoms with E-state index in [0.29, 0.717) is 10.7 Å². The SMILES string of the molecule is CC1(C)C(=O)Nc2ccc(NC(=O)Cc3c[nH]c4ccc(Cl)cc34)cc21. The van der Waals surface area contributed by atoms with Gasteiger partial charge in [0, 0.05) is 33.5 Å². The second kappa shape index (κ2) is 5.88. The number of rotatable bonds is 3. The smallest absolute Gasteiger partial charge is 0.234 e. The molecule has 0 unspecified atom stereocenters. The average Bonchev–Trinajstić information content (AvgIpc) is 3.07. The molecular formula is C20H18ClN3O2. The third kappa shape index (κ3) is 2.74. The van der Waals surface area contributed by atoms with Gasteiger partial charge in [0.15, 0.2) is 0 Å². The standard InChI is InChI=1S/C20H18ClN3O2/c1-20(2)15-9-13(4-6-17(15)24-19(20)26)23-18(25)7-11-10-22-16-5-3-12(21)8-14(11)16/h3-6,8-10,22H,7H2,1-2H3,(H,23,25)(H,24,26). The average molecular weight is 368 g/mol. The monoisotopic (exact) mass is 367 g/mol. The molecule has 132 valence electrons. The third-order valence-electron chi connectivity index (χ3n) is 4.87. The Labute approximate surface area is 155 Å². The van der Waals surface area contributed by atoms with Crippen LogP contribution in [0.15, 0.2) is 42.6 Å². The zero-order valence-electron chi connectivity index (χ0n) is 14.4. The quantitative estimate of drug-likeness (QED) is 0.648. The Morgan fingerprint density at radius 3 is 2.81 bits per heavy atom. The Hall–Kier alpha value is -2.79. The first-order valence-corrected chi connectivity index (χ1v) is 8.74. The number of anilines is 2. The zero-order chi connectivity index (χ0) is 18.5. The molecule has 2 amide bonds. The number of amides is 2. The minimum absolute atomic E-state index is 0.0355. The first kappa shape index (κ1) is 16.7. The maximum Gasteiger partial charge on any atom is 0.234 e. The molecule has 0 radical (unpaired) electrons. The van der Waals surface area contributed by atoms with Crippen molar-refractivity contribution in [1.29, 1.82) is 0 Å². The summed E-state index contributed by atoms with van der Waals surface area (Å²) in [6, 6.07) is 11.0. The predicted molar refractivity (Wildman–Crippen MR) is 104 cm³/mol. The summed E-state index contributed by atoms with van der Waals surface area (Å²) in [6.07, 6.45) is 2.06. The van der Waals surface area contributed by atoms with Crippen molar-refractivity contribution in [2.75, 3.05) is 10.6 Å². The van der Waals surface area contributed by atoms with Gasteiger partial charge in [-0.25, -0.2) is 0 Å². The van der Waals surface area contributed by atoms with Gasteiger partial charge >= 0.3 is 0 Å². The lowest BCUT2D eigenvalue weighted by Gasteiger charge is -2.16. The summed E-state index contributed by atoms with van der Waals surface area (Å²) in [6.45, 7) is 3.74. The minimum Gasteiger partial charge on any atom is -0.361 e. The lowest BCUT2D eigenvalue weighted by molar-refractivity contribution is -0.119. The van der Waals surface area contributed by atoms with Crippen LogP contribution in [0.1, 0.15) is 25.0 Å². The van der Waals surface area contributed by atoms with Crippen LogP contribution in [0.3, 0.4) is 0 Å². The Balaban J connectivity index is 1.55. The Morgan fingerprint density at radius 1 is 1.19 bits per heavy atom. The lowest BCUT2D eigenvalue weighted by atomic mass is 9.86. The van der Waals surface area contributed by atoms with E-state index in [1.807, 2.05) is 50.4 Å². The van der Waals surface area contributed by atoms with Gasteiger partial charge in [-0.1, -0.05) is 11.6 Å². The molecule has 4 rings (SSSR count). The van der Waals surface area contributed by atoms with Crippen LogP contribution in [-0.2, 0) is 21.4 Å². The number of halogens is 1. The molecule has 0 bridgehead atoms. The molecule has 1 aromatic heterocycles. The van der Waals surface area contributed by atoms with E-state index in [1.54, 1.807) is 6.07 Å². The molecule has 0 saturated heterocycles. The summed E-state index contributed by atoms with van der Waals surface area (Å²) in [5.41, 5.74) is 3.59. The molecule has 1 aliphatic rings. The summed E-state index contributed by atoms with van der Waals surface area (Å²) in [5.74, 6) is -0.160. The van der Waals surface area contributed by atoms with Crippen LogP contribution in [0.4, 0.5) is 11.4 Å². The van der Waals surface area contributed by atoms with Crippen molar-refractivity contribution in [2.24, 2.45) is 0 Å². The van der Waals surface area contributed by atoms with Gasteiger partial charge in [-0.2, -0.15) is 0 Å². The van der Waals surface area contributed by atoms with Crippen molar-refractivity contribution in [2.45, 2.75) is 25.7 Å². The molecule has 3 aromatic rings. The highest BCUT2D eigenvalue weighted by molar-refractivity contribution is 6.31. The van der Waals surface area contributed by atoms with E-state index in [1.165, 1.54) is 0 Å². The number of aromatic nitrogens is 1. The van der Waals surface area contributed by atoms with Crippen LogP contribution in [0.25, 0.3) is 10.9 Å². The van der Waals surface area contributed by atoms with Gasteiger partial charge in [-0.05, 0) is 61.4 Å². The van der Waals surface area contributed by atoms with Crippen molar-refractivity contribution >= 4 is 45.7 Å². The molecule has 2 aromatic carbocycles. The first-order valence-electron chi connectivity index (χ1n) is 8.36. The van der Waals surface area contributed by atoms with Gasteiger partial charge < -0.3 is 15.6 Å². The van der Waals surface area contributed by atoms with Crippen molar-refractivity contribution in [1.82, 2.24) is 4.98 Å². The molecule has 3 N–H and O–H groups in total. The highest BCUT2D eigenvalue weighted by Gasteiger charge is 2.38. The molecule has 0 aliphatic carbocycles. The van der Waals surface area contributed by atoms with Crippen molar-refractivity contribution in [3.63, 3.8) is 0 Å². The Kier molecular flexibility index (Phi) is 3.77. The van der Waals surface area contributed by atoms with Crippen molar-refractivity contribution < 1.29 is 9.59 Å². The van der Waals surface area contributed by atoms with Crippen LogP contribution >= 0.6 is 11.6 Å². The van der Waals surface area contributed by atoms with E-state index in [4.69, 9.17) is 11.6 Å². The number of benzene rings is 2. The number of aromatic amines is 1. The molecule has 0 saturated carbocycles. The summed E-state index contributed by atoms with van der Waals surface area (Å²) in [4.78, 5) is 27.7. The number of carbonyl (C=O) groups excluding carboxylic acids is 2. The molecule has 2 heterocycles. The van der Waals surface area contributed by atoms with E-state index in [9.17, 15) is 9.59 Å². The predicted octanol–water partition coefficient (Wildman–Crippen LogP) is 4.23. The van der Waals surface area contributed by atoms with Gasteiger partial charge in [0.1, 0.15) is 0 Å². The van der Waals surface area contributed by atoms with E-state index >= 15 is 0 Å². The van der Waals surface area contributed by atoms with E-state index < -0.39 is 5.41 Å². The molecule has 1 aliphatic heterocycles. The van der Waals surface area contributed by atoms with E-state index in [-0.39, 0.29) is 18.2 Å². The van der Waals surface area contributed by atoms with Gasteiger partial charge in [-0.3, -0.25) is 9.59 Å². The number of H-pyrrole nitrogens is 1. The third-order valence-corrected chi connectivity index (χ3v) is 5.11. The number of hydrogen-bond acceptors (Lipinski definition) is 2. The van der Waals surface area contributed by atoms with Crippen molar-refractivity contribution in [3.8, 4) is 0 Å². The number of hydrogen-bond donors (Lipinski definition) is 3. The van der Waals surface area contributed by atoms with Gasteiger partial charge in [0.05, 0.1) is 11.8 Å². The fraction of sp³-hybridized carbons (Fsp3) is 0.200. The van der Waals surface area contributed by atoms with Crippen LogP contribution in [0.5, 0.6) is 0 Å². The maximum absolute atomic E-state index is 12.5. The van der Waals surface area contributed by atoms with Gasteiger partial charge in [0.25, 0.3) is 0 Å². The minimum atomic E-state index is -0.607. The Bertz CT molecular complexity index is 1050. The number of nitrogens with one attached hydrogen (secondary N) is 3. The highest BCUT2D eigenvalue weighted by atomic mass is 35.5. The largest absolute Gasteiger partial charge is 0.361 e. The summed E-state index contributed by atoms with van der Waals surface area (Å²) in [7, 11) is 0. The lowest BCUT2D eigenvalue weighted by Crippen LogP contribution is -2.27. The molecule has 5 nitrogen and oxygen atoms in total. The molecular weight excluding hydrogens is 350 g/mol. The van der Waals surface area contributed by atoms with Crippen LogP contribution in [0, 0.1) is 0 Å². The second-order valence-electron chi connectivity index (χ2n) is 7.07. The van der Waals surface area contributed by atoms with Crippen LogP contribution in [-0.4, -0.2) is 16.8 Å². The Morgan fingerprint density at radius 2 is 2.00 bits per heavy atom. The summed E-state index contributed by atoms with van der Waals surface area (Å²) >= 11 is 6.06. The van der Waals surface area contributed by atoms with Crippen LogP contribution in [0.2, 0.25) is 5.02 Å². The fourth-order valence-corrected chi connectivity index (χ4v) is 3.50. The summed E-state index contributed by atoms with van der Waals surface area (Å²) in [5, 5.41) is 7.36. The van der Waals surface area contributed by atoms with E-state index in [0.717, 1.165) is 27.7 Å². The molecule has 0 spiro atoms. The molecule has 6 heteroatoms. The normalized spacial score (nSPS) is 15.0. The van der Waals surface area contributed by atoms with Crippen LogP contribution < -0.4 is 10.6 Å². The topological polar surface area (TPSA) is 74.0 Å². The number of fused-ring (bicyclic) bond motifs is 2. The van der Waals surface area contributed by atoms with Gasteiger partial charge in [-0.15, -0.1) is 0 Å². The number of carbonyl (C=O) groups is 2. The van der Waals surface area contributed by atoms with Gasteiger partial charge in [0.2, 0.25) is 11.8 Å². The zero-order valence-corrected chi connectivity index (χ0v) is 15.2. The maximum atomic E-state index is 12.5. The second-order valence-corrected chi connectivity index (χ2v) is 7.50. The molecule has 26 heavy (non-hydrogen) atoms. The highest BCUT2D eigenvalue weighted by Crippen LogP contribution is 2.38. The fourth-order valence-electron chi connectivity index (χ4n) is 3.32.